The van der Waals surface area contributed by atoms with Crippen molar-refractivity contribution in [2.24, 2.45) is 5.73 Å². The van der Waals surface area contributed by atoms with Crippen molar-refractivity contribution in [3.05, 3.63) is 77.9 Å². The van der Waals surface area contributed by atoms with Crippen LogP contribution in [0.15, 0.2) is 66.7 Å². The molecule has 1 atom stereocenters. The minimum absolute atomic E-state index is 0.141. The van der Waals surface area contributed by atoms with Crippen molar-refractivity contribution in [3.63, 3.8) is 0 Å². The highest BCUT2D eigenvalue weighted by molar-refractivity contribution is 5.86. The van der Waals surface area contributed by atoms with Gasteiger partial charge in [-0.15, -0.1) is 0 Å². The molecule has 0 spiro atoms. The van der Waals surface area contributed by atoms with Gasteiger partial charge in [-0.3, -0.25) is 0 Å². The quantitative estimate of drug-likeness (QED) is 0.774. The predicted octanol–water partition coefficient (Wildman–Crippen LogP) is 4.23. The largest absolute Gasteiger partial charge is 0.492 e. The van der Waals surface area contributed by atoms with Crippen LogP contribution in [-0.4, -0.2) is 6.61 Å². The standard InChI is InChI=1S/C19H19NO/c1-14-9-11-16(12-10-14)21-13-19(20)18-8-4-6-15-5-2-3-7-17(15)18/h2-12,19H,13,20H2,1H3. The molecule has 0 aliphatic heterocycles. The Morgan fingerprint density at radius 3 is 2.43 bits per heavy atom. The van der Waals surface area contributed by atoms with E-state index in [-0.39, 0.29) is 6.04 Å². The smallest absolute Gasteiger partial charge is 0.119 e. The lowest BCUT2D eigenvalue weighted by Gasteiger charge is -2.16. The summed E-state index contributed by atoms with van der Waals surface area (Å²) in [6, 6.07) is 22.4. The molecule has 0 radical (unpaired) electrons. The van der Waals surface area contributed by atoms with Crippen LogP contribution >= 0.6 is 0 Å². The number of ether oxygens (including phenoxy) is 1. The maximum atomic E-state index is 6.31. The number of aryl methyl sites for hydroxylation is 1. The zero-order valence-corrected chi connectivity index (χ0v) is 12.1. The minimum Gasteiger partial charge on any atom is -0.492 e. The molecule has 0 aliphatic rings. The van der Waals surface area contributed by atoms with Crippen LogP contribution in [0.4, 0.5) is 0 Å². The third-order valence-corrected chi connectivity index (χ3v) is 3.67. The van der Waals surface area contributed by atoms with Crippen LogP contribution in [-0.2, 0) is 0 Å². The molecule has 21 heavy (non-hydrogen) atoms. The van der Waals surface area contributed by atoms with Crippen molar-refractivity contribution in [1.82, 2.24) is 0 Å². The van der Waals surface area contributed by atoms with E-state index >= 15 is 0 Å². The molecule has 106 valence electrons. The van der Waals surface area contributed by atoms with Crippen molar-refractivity contribution in [2.45, 2.75) is 13.0 Å². The van der Waals surface area contributed by atoms with Crippen LogP contribution in [0.3, 0.4) is 0 Å². The SMILES string of the molecule is Cc1ccc(OCC(N)c2cccc3ccccc23)cc1. The van der Waals surface area contributed by atoms with E-state index in [9.17, 15) is 0 Å². The highest BCUT2D eigenvalue weighted by Crippen LogP contribution is 2.23. The first-order valence-electron chi connectivity index (χ1n) is 7.17. The Morgan fingerprint density at radius 1 is 0.905 bits per heavy atom. The average Bonchev–Trinajstić information content (AvgIpc) is 2.53. The van der Waals surface area contributed by atoms with Crippen LogP contribution in [0, 0.1) is 6.92 Å². The molecule has 1 unspecified atom stereocenters. The van der Waals surface area contributed by atoms with Gasteiger partial charge in [0.05, 0.1) is 6.04 Å². The fraction of sp³-hybridized carbons (Fsp3) is 0.158. The molecule has 2 N–H and O–H groups in total. The van der Waals surface area contributed by atoms with Gasteiger partial charge in [-0.05, 0) is 35.4 Å². The molecule has 0 aromatic heterocycles. The molecule has 3 rings (SSSR count). The van der Waals surface area contributed by atoms with Crippen molar-refractivity contribution < 1.29 is 4.74 Å². The summed E-state index contributed by atoms with van der Waals surface area (Å²) >= 11 is 0. The Morgan fingerprint density at radius 2 is 1.62 bits per heavy atom. The highest BCUT2D eigenvalue weighted by Gasteiger charge is 2.10. The summed E-state index contributed by atoms with van der Waals surface area (Å²) in [5.41, 5.74) is 8.66. The van der Waals surface area contributed by atoms with Gasteiger partial charge >= 0.3 is 0 Å². The van der Waals surface area contributed by atoms with Gasteiger partial charge in [-0.1, -0.05) is 60.2 Å². The predicted molar refractivity (Wildman–Crippen MR) is 87.6 cm³/mol. The second kappa shape index (κ2) is 5.98. The number of hydrogen-bond acceptors (Lipinski definition) is 2. The molecule has 0 aliphatic carbocycles. The summed E-state index contributed by atoms with van der Waals surface area (Å²) in [6.45, 7) is 2.53. The third kappa shape index (κ3) is 3.06. The van der Waals surface area contributed by atoms with Gasteiger partial charge in [0.1, 0.15) is 12.4 Å². The summed E-state index contributed by atoms with van der Waals surface area (Å²) in [7, 11) is 0. The summed E-state index contributed by atoms with van der Waals surface area (Å²) < 4.78 is 5.80. The third-order valence-electron chi connectivity index (χ3n) is 3.67. The molecule has 0 saturated heterocycles. The molecular weight excluding hydrogens is 258 g/mol. The molecule has 0 saturated carbocycles. The fourth-order valence-electron chi connectivity index (χ4n) is 2.48. The van der Waals surface area contributed by atoms with Crippen molar-refractivity contribution in [3.8, 4) is 5.75 Å². The zero-order chi connectivity index (χ0) is 14.7. The molecule has 3 aromatic rings. The first-order valence-corrected chi connectivity index (χ1v) is 7.17. The number of benzene rings is 3. The van der Waals surface area contributed by atoms with E-state index in [0.29, 0.717) is 6.61 Å². The Balaban J connectivity index is 1.78. The summed E-state index contributed by atoms with van der Waals surface area (Å²) in [5, 5.41) is 2.40. The van der Waals surface area contributed by atoms with Crippen LogP contribution in [0.5, 0.6) is 5.75 Å². The summed E-state index contributed by atoms with van der Waals surface area (Å²) in [4.78, 5) is 0. The van der Waals surface area contributed by atoms with E-state index in [0.717, 1.165) is 11.3 Å². The first kappa shape index (κ1) is 13.7. The minimum atomic E-state index is -0.141. The van der Waals surface area contributed by atoms with Gasteiger partial charge in [0.2, 0.25) is 0 Å². The van der Waals surface area contributed by atoms with Gasteiger partial charge in [0.15, 0.2) is 0 Å². The number of fused-ring (bicyclic) bond motifs is 1. The molecule has 3 aromatic carbocycles. The van der Waals surface area contributed by atoms with Crippen LogP contribution in [0.2, 0.25) is 0 Å². The highest BCUT2D eigenvalue weighted by atomic mass is 16.5. The fourth-order valence-corrected chi connectivity index (χ4v) is 2.48. The van der Waals surface area contributed by atoms with Crippen LogP contribution in [0.1, 0.15) is 17.2 Å². The molecule has 0 fully saturated rings. The molecule has 0 bridgehead atoms. The molecule has 0 heterocycles. The van der Waals surface area contributed by atoms with Crippen LogP contribution in [0.25, 0.3) is 10.8 Å². The Kier molecular flexibility index (Phi) is 3.89. The normalized spacial score (nSPS) is 12.3. The van der Waals surface area contributed by atoms with E-state index in [1.165, 1.54) is 16.3 Å². The van der Waals surface area contributed by atoms with E-state index in [4.69, 9.17) is 10.5 Å². The number of hydrogen-bond donors (Lipinski definition) is 1. The molecule has 0 amide bonds. The van der Waals surface area contributed by atoms with E-state index in [1.54, 1.807) is 0 Å². The van der Waals surface area contributed by atoms with Crippen LogP contribution < -0.4 is 10.5 Å². The maximum absolute atomic E-state index is 6.31. The van der Waals surface area contributed by atoms with Gasteiger partial charge in [-0.25, -0.2) is 0 Å². The second-order valence-electron chi connectivity index (χ2n) is 5.30. The Hall–Kier alpha value is -2.32. The summed E-state index contributed by atoms with van der Waals surface area (Å²) in [6.07, 6.45) is 0. The lowest BCUT2D eigenvalue weighted by Crippen LogP contribution is -2.19. The number of nitrogens with two attached hydrogens (primary N) is 1. The summed E-state index contributed by atoms with van der Waals surface area (Å²) in [5.74, 6) is 0.858. The van der Waals surface area contributed by atoms with Gasteiger partial charge in [-0.2, -0.15) is 0 Å². The van der Waals surface area contributed by atoms with Crippen molar-refractivity contribution >= 4 is 10.8 Å². The Labute approximate surface area is 125 Å². The zero-order valence-electron chi connectivity index (χ0n) is 12.1. The molecule has 2 nitrogen and oxygen atoms in total. The van der Waals surface area contributed by atoms with Gasteiger partial charge in [0, 0.05) is 0 Å². The van der Waals surface area contributed by atoms with E-state index in [1.807, 2.05) is 42.5 Å². The van der Waals surface area contributed by atoms with Gasteiger partial charge < -0.3 is 10.5 Å². The van der Waals surface area contributed by atoms with E-state index in [2.05, 4.69) is 31.2 Å². The average molecular weight is 277 g/mol. The first-order chi connectivity index (χ1) is 10.2. The second-order valence-corrected chi connectivity index (χ2v) is 5.30. The van der Waals surface area contributed by atoms with Crippen molar-refractivity contribution in [1.29, 1.82) is 0 Å². The van der Waals surface area contributed by atoms with Crippen molar-refractivity contribution in [2.75, 3.05) is 6.61 Å². The Bertz CT molecular complexity index is 729. The topological polar surface area (TPSA) is 35.2 Å². The van der Waals surface area contributed by atoms with E-state index < -0.39 is 0 Å². The lowest BCUT2D eigenvalue weighted by atomic mass is 10.00. The van der Waals surface area contributed by atoms with Gasteiger partial charge in [0.25, 0.3) is 0 Å². The maximum Gasteiger partial charge on any atom is 0.119 e. The lowest BCUT2D eigenvalue weighted by molar-refractivity contribution is 0.291. The number of rotatable bonds is 4. The molecule has 2 heteroatoms. The monoisotopic (exact) mass is 277 g/mol. The molecular formula is C19H19NO.